The summed E-state index contributed by atoms with van der Waals surface area (Å²) in [7, 11) is 0. The Morgan fingerprint density at radius 2 is 2.33 bits per heavy atom. The highest BCUT2D eigenvalue weighted by atomic mass is 32.1. The minimum absolute atomic E-state index is 0.0509. The molecule has 4 nitrogen and oxygen atoms in total. The first-order chi connectivity index (χ1) is 2.77. The molecule has 0 unspecified atom stereocenters. The van der Waals surface area contributed by atoms with Gasteiger partial charge in [0.2, 0.25) is 0 Å². The van der Waals surface area contributed by atoms with Crippen molar-refractivity contribution in [1.29, 1.82) is 0 Å². The van der Waals surface area contributed by atoms with E-state index in [1.54, 1.807) is 0 Å². The highest BCUT2D eigenvalue weighted by molar-refractivity contribution is 7.80. The third-order valence-corrected chi connectivity index (χ3v) is 0.276. The molecule has 0 aliphatic rings. The van der Waals surface area contributed by atoms with Crippen LogP contribution in [0.4, 0.5) is 0 Å². The van der Waals surface area contributed by atoms with Crippen LogP contribution in [0.2, 0.25) is 0 Å². The molecule has 0 aromatic carbocycles. The van der Waals surface area contributed by atoms with Crippen molar-refractivity contribution < 1.29 is 0 Å². The highest BCUT2D eigenvalue weighted by Crippen LogP contribution is 1.45. The fourth-order valence-corrected chi connectivity index (χ4v) is 0.0920. The lowest BCUT2D eigenvalue weighted by Crippen LogP contribution is -2.36. The largest absolute Gasteiger partial charge is 0.770 e. The number of nitrogens with one attached hydrogen (secondary N) is 2. The molecule has 5 heteroatoms. The van der Waals surface area contributed by atoms with Crippen molar-refractivity contribution in [2.75, 3.05) is 0 Å². The average Bonchev–Trinajstić information content (AvgIpc) is 1.35. The van der Waals surface area contributed by atoms with Gasteiger partial charge in [0.15, 0.2) is 5.11 Å². The van der Waals surface area contributed by atoms with E-state index in [4.69, 9.17) is 5.73 Å². The second-order valence-corrected chi connectivity index (χ2v) is 1.03. The first-order valence-corrected chi connectivity index (χ1v) is 1.61. The van der Waals surface area contributed by atoms with Crippen LogP contribution in [0, 0.1) is 5.21 Å². The molecule has 0 saturated carbocycles. The maximum Gasteiger partial charge on any atom is 0.177 e. The first-order valence-electron chi connectivity index (χ1n) is 1.20. The van der Waals surface area contributed by atoms with Gasteiger partial charge >= 0.3 is 0 Å². The Morgan fingerprint density at radius 3 is 2.33 bits per heavy atom. The van der Waals surface area contributed by atoms with Gasteiger partial charge in [-0.05, 0) is 12.2 Å². The second kappa shape index (κ2) is 2.83. The molecule has 0 aromatic heterocycles. The van der Waals surface area contributed by atoms with E-state index < -0.39 is 0 Å². The Labute approximate surface area is 40.3 Å². The van der Waals surface area contributed by atoms with E-state index in [9.17, 15) is 5.21 Å². The van der Waals surface area contributed by atoms with Gasteiger partial charge < -0.3 is 22.0 Å². The van der Waals surface area contributed by atoms with Gasteiger partial charge in [-0.15, -0.1) is 0 Å². The summed E-state index contributed by atoms with van der Waals surface area (Å²) in [5.41, 5.74) is 7.97. The third kappa shape index (κ3) is 3.61. The minimum Gasteiger partial charge on any atom is -0.770 e. The SMILES string of the molecule is NC(=S)NN[O-]. The Balaban J connectivity index is 2.83. The van der Waals surface area contributed by atoms with Gasteiger partial charge in [0.05, 0.1) is 0 Å². The molecule has 0 aromatic rings. The summed E-state index contributed by atoms with van der Waals surface area (Å²) in [4.78, 5) is 0. The van der Waals surface area contributed by atoms with Crippen LogP contribution in [0.25, 0.3) is 0 Å². The summed E-state index contributed by atoms with van der Waals surface area (Å²) in [5.74, 6) is 0. The van der Waals surface area contributed by atoms with Crippen molar-refractivity contribution in [2.24, 2.45) is 5.73 Å². The van der Waals surface area contributed by atoms with E-state index in [2.05, 4.69) is 12.2 Å². The van der Waals surface area contributed by atoms with Crippen molar-refractivity contribution in [3.05, 3.63) is 5.21 Å². The van der Waals surface area contributed by atoms with E-state index in [0.29, 0.717) is 0 Å². The molecule has 0 bridgehead atoms. The fraction of sp³-hybridized carbons (Fsp3) is 0. The Kier molecular flexibility index (Phi) is 2.64. The molecule has 0 fully saturated rings. The first kappa shape index (κ1) is 5.61. The van der Waals surface area contributed by atoms with Crippen molar-refractivity contribution in [3.63, 3.8) is 0 Å². The number of hydrazine groups is 1. The van der Waals surface area contributed by atoms with Gasteiger partial charge in [0.1, 0.15) is 0 Å². The summed E-state index contributed by atoms with van der Waals surface area (Å²) in [6, 6.07) is 0. The molecule has 0 rings (SSSR count). The van der Waals surface area contributed by atoms with Crippen LogP contribution in [-0.2, 0) is 0 Å². The zero-order chi connectivity index (χ0) is 4.99. The fourth-order valence-electron chi connectivity index (χ4n) is 0.0503. The number of hydrogen-bond acceptors (Lipinski definition) is 3. The molecule has 0 amide bonds. The predicted molar refractivity (Wildman–Crippen MR) is 26.4 cm³/mol. The summed E-state index contributed by atoms with van der Waals surface area (Å²) >= 11 is 4.20. The van der Waals surface area contributed by atoms with Crippen molar-refractivity contribution >= 4 is 17.3 Å². The van der Waals surface area contributed by atoms with Crippen LogP contribution >= 0.6 is 12.2 Å². The summed E-state index contributed by atoms with van der Waals surface area (Å²) < 4.78 is 0. The number of thiocarbonyl (C=S) groups is 1. The standard InChI is InChI=1S/CH4N3OS/c2-1(6)3-4-5/h4H,(H3,2,3,6)/q-1. The zero-order valence-electron chi connectivity index (χ0n) is 2.89. The molecule has 0 saturated heterocycles. The highest BCUT2D eigenvalue weighted by Gasteiger charge is 1.69. The molecule has 0 aliphatic carbocycles. The van der Waals surface area contributed by atoms with Crippen LogP contribution in [0.15, 0.2) is 0 Å². The molecule has 0 heterocycles. The molecule has 36 valence electrons. The van der Waals surface area contributed by atoms with E-state index >= 15 is 0 Å². The molecule has 0 atom stereocenters. The monoisotopic (exact) mass is 106 g/mol. The zero-order valence-corrected chi connectivity index (χ0v) is 3.71. The van der Waals surface area contributed by atoms with E-state index in [-0.39, 0.29) is 5.11 Å². The smallest absolute Gasteiger partial charge is 0.177 e. The molecule has 0 aliphatic heterocycles. The van der Waals surface area contributed by atoms with E-state index in [0.717, 1.165) is 0 Å². The van der Waals surface area contributed by atoms with E-state index in [1.165, 1.54) is 5.59 Å². The van der Waals surface area contributed by atoms with Crippen LogP contribution in [0.3, 0.4) is 0 Å². The number of nitrogens with two attached hydrogens (primary N) is 1. The Morgan fingerprint density at radius 1 is 1.83 bits per heavy atom. The Bertz CT molecular complexity index is 54.8. The van der Waals surface area contributed by atoms with E-state index in [1.807, 2.05) is 5.43 Å². The van der Waals surface area contributed by atoms with Gasteiger partial charge in [-0.25, -0.2) is 0 Å². The third-order valence-electron chi connectivity index (χ3n) is 0.174. The quantitative estimate of drug-likeness (QED) is 0.290. The van der Waals surface area contributed by atoms with Crippen LogP contribution in [-0.4, -0.2) is 5.11 Å². The maximum atomic E-state index is 9.21. The normalized spacial score (nSPS) is 7.50. The second-order valence-electron chi connectivity index (χ2n) is 0.591. The van der Waals surface area contributed by atoms with Crippen LogP contribution in [0.5, 0.6) is 0 Å². The van der Waals surface area contributed by atoms with Crippen molar-refractivity contribution in [1.82, 2.24) is 11.0 Å². The van der Waals surface area contributed by atoms with Gasteiger partial charge in [-0.3, -0.25) is 0 Å². The predicted octanol–water partition coefficient (Wildman–Crippen LogP) is -1.18. The average molecular weight is 106 g/mol. The van der Waals surface area contributed by atoms with Crippen LogP contribution in [0.1, 0.15) is 0 Å². The molecule has 0 spiro atoms. The number of rotatable bonds is 1. The topological polar surface area (TPSA) is 73.1 Å². The molecular formula is CH4N3OS-. The van der Waals surface area contributed by atoms with Crippen molar-refractivity contribution in [2.45, 2.75) is 0 Å². The summed E-state index contributed by atoms with van der Waals surface area (Å²) in [5, 5.41) is 9.16. The lowest BCUT2D eigenvalue weighted by atomic mass is 11.2. The maximum absolute atomic E-state index is 9.21. The van der Waals surface area contributed by atoms with Crippen molar-refractivity contribution in [3.8, 4) is 0 Å². The molecule has 0 radical (unpaired) electrons. The van der Waals surface area contributed by atoms with Gasteiger partial charge in [0.25, 0.3) is 0 Å². The molecule has 6 heavy (non-hydrogen) atoms. The molecular weight excluding hydrogens is 102 g/mol. The number of hydrogen-bond donors (Lipinski definition) is 3. The Hall–Kier alpha value is -0.390. The summed E-state index contributed by atoms with van der Waals surface area (Å²) in [6.45, 7) is 0. The molecule has 4 N–H and O–H groups in total. The minimum atomic E-state index is -0.0509. The van der Waals surface area contributed by atoms with Crippen LogP contribution < -0.4 is 16.7 Å². The van der Waals surface area contributed by atoms with Gasteiger partial charge in [-0.2, -0.15) is 0 Å². The summed E-state index contributed by atoms with van der Waals surface area (Å²) in [6.07, 6.45) is 0. The lowest BCUT2D eigenvalue weighted by Gasteiger charge is -2.06. The van der Waals surface area contributed by atoms with Gasteiger partial charge in [-0.1, -0.05) is 0 Å². The van der Waals surface area contributed by atoms with Gasteiger partial charge in [0, 0.05) is 0 Å². The lowest BCUT2D eigenvalue weighted by molar-refractivity contribution is 0.829.